The number of piperidine rings is 1. The highest BCUT2D eigenvalue weighted by Gasteiger charge is 2.24. The molecule has 7 heteroatoms. The average Bonchev–Trinajstić information content (AvgIpc) is 2.66. The maximum Gasteiger partial charge on any atom is 0.310 e. The van der Waals surface area contributed by atoms with E-state index in [0.29, 0.717) is 18.9 Å². The molecular weight excluding hydrogens is 334 g/mol. The maximum atomic E-state index is 12.2. The van der Waals surface area contributed by atoms with Crippen LogP contribution in [0.15, 0.2) is 24.3 Å². The highest BCUT2D eigenvalue weighted by molar-refractivity contribution is 5.78. The second-order valence-electron chi connectivity index (χ2n) is 6.69. The first-order valence-electron chi connectivity index (χ1n) is 9.48. The quantitative estimate of drug-likeness (QED) is 0.392. The molecule has 1 N–H and O–H groups in total. The Hall–Kier alpha value is -2.15. The number of hydrogen-bond acceptors (Lipinski definition) is 5. The Morgan fingerprint density at radius 3 is 2.73 bits per heavy atom. The second kappa shape index (κ2) is 10.8. The Balaban J connectivity index is 1.66. The number of amides is 1. The van der Waals surface area contributed by atoms with Crippen molar-refractivity contribution in [1.29, 1.82) is 0 Å². The van der Waals surface area contributed by atoms with Crippen LogP contribution in [0.2, 0.25) is 0 Å². The number of unbranched alkanes of at least 4 members (excludes halogenated alkanes) is 2. The molecule has 1 saturated heterocycles. The van der Waals surface area contributed by atoms with Crippen molar-refractivity contribution in [3.63, 3.8) is 0 Å². The number of hydrogen-bond donors (Lipinski definition) is 1. The maximum absolute atomic E-state index is 12.2. The lowest BCUT2D eigenvalue weighted by molar-refractivity contribution is -0.385. The van der Waals surface area contributed by atoms with Gasteiger partial charge in [0, 0.05) is 25.1 Å². The lowest BCUT2D eigenvalue weighted by Crippen LogP contribution is -2.42. The molecule has 26 heavy (non-hydrogen) atoms. The number of likely N-dealkylation sites (tertiary alicyclic amines) is 1. The van der Waals surface area contributed by atoms with Crippen molar-refractivity contribution in [2.24, 2.45) is 5.92 Å². The lowest BCUT2D eigenvalue weighted by Gasteiger charge is -2.31. The highest BCUT2D eigenvalue weighted by Crippen LogP contribution is 2.25. The van der Waals surface area contributed by atoms with E-state index in [0.717, 1.165) is 51.7 Å². The summed E-state index contributed by atoms with van der Waals surface area (Å²) < 4.78 is 5.59. The zero-order chi connectivity index (χ0) is 18.8. The zero-order valence-corrected chi connectivity index (χ0v) is 15.5. The van der Waals surface area contributed by atoms with Crippen LogP contribution in [0.5, 0.6) is 5.75 Å². The van der Waals surface area contributed by atoms with Gasteiger partial charge >= 0.3 is 5.69 Å². The summed E-state index contributed by atoms with van der Waals surface area (Å²) in [5.74, 6) is 0.583. The molecule has 0 aromatic heterocycles. The van der Waals surface area contributed by atoms with Crippen LogP contribution in [0.3, 0.4) is 0 Å². The van der Waals surface area contributed by atoms with Gasteiger partial charge in [0.1, 0.15) is 6.61 Å². The molecule has 0 radical (unpaired) electrons. The van der Waals surface area contributed by atoms with Gasteiger partial charge in [-0.3, -0.25) is 19.8 Å². The van der Waals surface area contributed by atoms with Crippen molar-refractivity contribution in [2.75, 3.05) is 32.8 Å². The van der Waals surface area contributed by atoms with Gasteiger partial charge < -0.3 is 10.1 Å². The van der Waals surface area contributed by atoms with E-state index >= 15 is 0 Å². The third kappa shape index (κ3) is 6.29. The minimum Gasteiger partial charge on any atom is -0.485 e. The first kappa shape index (κ1) is 20.2. The summed E-state index contributed by atoms with van der Waals surface area (Å²) in [4.78, 5) is 24.9. The van der Waals surface area contributed by atoms with Crippen LogP contribution >= 0.6 is 0 Å². The van der Waals surface area contributed by atoms with Crippen LogP contribution in [0, 0.1) is 16.0 Å². The molecule has 1 heterocycles. The molecule has 7 nitrogen and oxygen atoms in total. The first-order chi connectivity index (χ1) is 12.6. The van der Waals surface area contributed by atoms with Gasteiger partial charge in [-0.1, -0.05) is 31.9 Å². The van der Waals surface area contributed by atoms with E-state index in [9.17, 15) is 14.9 Å². The Morgan fingerprint density at radius 1 is 1.31 bits per heavy atom. The summed E-state index contributed by atoms with van der Waals surface area (Å²) in [6, 6.07) is 6.42. The monoisotopic (exact) mass is 363 g/mol. The molecule has 0 unspecified atom stereocenters. The number of para-hydroxylation sites is 2. The van der Waals surface area contributed by atoms with Gasteiger partial charge in [-0.15, -0.1) is 0 Å². The summed E-state index contributed by atoms with van der Waals surface area (Å²) in [5.41, 5.74) is -0.00838. The molecular formula is C19H29N3O4. The number of nitrogens with one attached hydrogen (secondary N) is 1. The molecule has 0 atom stereocenters. The minimum atomic E-state index is -0.431. The van der Waals surface area contributed by atoms with Crippen LogP contribution in [0.4, 0.5) is 5.69 Å². The molecule has 0 spiro atoms. The number of nitro benzene ring substituents is 1. The molecule has 1 fully saturated rings. The highest BCUT2D eigenvalue weighted by atomic mass is 16.6. The number of carbonyl (C=O) groups is 1. The number of nitro groups is 1. The number of carbonyl (C=O) groups excluding carboxylic acids is 1. The second-order valence-corrected chi connectivity index (χ2v) is 6.69. The molecule has 1 amide bonds. The van der Waals surface area contributed by atoms with Crippen molar-refractivity contribution in [1.82, 2.24) is 10.2 Å². The van der Waals surface area contributed by atoms with E-state index in [1.165, 1.54) is 6.07 Å². The van der Waals surface area contributed by atoms with Crippen molar-refractivity contribution in [2.45, 2.75) is 39.0 Å². The lowest BCUT2D eigenvalue weighted by atomic mass is 9.96. The summed E-state index contributed by atoms with van der Waals surface area (Å²) in [6.07, 6.45) is 5.06. The number of rotatable bonds is 10. The van der Waals surface area contributed by atoms with E-state index in [1.807, 2.05) is 0 Å². The standard InChI is InChI=1S/C19H29N3O4/c1-2-3-6-11-20-19(23)16-9-12-21(13-10-16)14-15-26-18-8-5-4-7-17(18)22(24)25/h4-5,7-8,16H,2-3,6,9-15H2,1H3,(H,20,23). The van der Waals surface area contributed by atoms with Crippen LogP contribution < -0.4 is 10.1 Å². The van der Waals surface area contributed by atoms with Crippen LogP contribution in [-0.2, 0) is 4.79 Å². The normalized spacial score (nSPS) is 15.6. The van der Waals surface area contributed by atoms with Gasteiger partial charge in [0.2, 0.25) is 5.91 Å². The third-order valence-electron chi connectivity index (χ3n) is 4.76. The summed E-state index contributed by atoms with van der Waals surface area (Å²) in [7, 11) is 0. The van der Waals surface area contributed by atoms with Gasteiger partial charge in [-0.2, -0.15) is 0 Å². The molecule has 0 bridgehead atoms. The topological polar surface area (TPSA) is 84.7 Å². The molecule has 2 rings (SSSR count). The SMILES string of the molecule is CCCCCNC(=O)C1CCN(CCOc2ccccc2[N+](=O)[O-])CC1. The van der Waals surface area contributed by atoms with E-state index < -0.39 is 4.92 Å². The summed E-state index contributed by atoms with van der Waals surface area (Å²) in [6.45, 7) is 5.74. The Bertz CT molecular complexity index is 586. The Labute approximate surface area is 154 Å². The molecule has 0 saturated carbocycles. The van der Waals surface area contributed by atoms with E-state index in [1.54, 1.807) is 18.2 Å². The van der Waals surface area contributed by atoms with Crippen LogP contribution in [0.25, 0.3) is 0 Å². The third-order valence-corrected chi connectivity index (χ3v) is 4.76. The van der Waals surface area contributed by atoms with Crippen molar-refractivity contribution >= 4 is 11.6 Å². The fraction of sp³-hybridized carbons (Fsp3) is 0.632. The van der Waals surface area contributed by atoms with Gasteiger partial charge in [0.05, 0.1) is 4.92 Å². The molecule has 1 aromatic carbocycles. The van der Waals surface area contributed by atoms with Crippen molar-refractivity contribution in [3.8, 4) is 5.75 Å². The number of benzene rings is 1. The molecule has 144 valence electrons. The molecule has 1 aliphatic rings. The van der Waals surface area contributed by atoms with Crippen molar-refractivity contribution < 1.29 is 14.5 Å². The molecule has 1 aliphatic heterocycles. The summed E-state index contributed by atoms with van der Waals surface area (Å²) >= 11 is 0. The van der Waals surface area contributed by atoms with E-state index in [2.05, 4.69) is 17.1 Å². The zero-order valence-electron chi connectivity index (χ0n) is 15.5. The fourth-order valence-electron chi connectivity index (χ4n) is 3.16. The van der Waals surface area contributed by atoms with Crippen LogP contribution in [-0.4, -0.2) is 48.5 Å². The van der Waals surface area contributed by atoms with Gasteiger partial charge in [-0.05, 0) is 38.4 Å². The predicted molar refractivity (Wildman–Crippen MR) is 100 cm³/mol. The van der Waals surface area contributed by atoms with Crippen molar-refractivity contribution in [3.05, 3.63) is 34.4 Å². The largest absolute Gasteiger partial charge is 0.485 e. The van der Waals surface area contributed by atoms with Gasteiger partial charge in [0.25, 0.3) is 0 Å². The van der Waals surface area contributed by atoms with E-state index in [-0.39, 0.29) is 17.5 Å². The Morgan fingerprint density at radius 2 is 2.04 bits per heavy atom. The first-order valence-corrected chi connectivity index (χ1v) is 9.48. The Kier molecular flexibility index (Phi) is 8.34. The smallest absolute Gasteiger partial charge is 0.310 e. The van der Waals surface area contributed by atoms with Gasteiger partial charge in [-0.25, -0.2) is 0 Å². The molecule has 1 aromatic rings. The van der Waals surface area contributed by atoms with Crippen LogP contribution in [0.1, 0.15) is 39.0 Å². The number of ether oxygens (including phenoxy) is 1. The van der Waals surface area contributed by atoms with E-state index in [4.69, 9.17) is 4.74 Å². The number of nitrogens with zero attached hydrogens (tertiary/aromatic N) is 2. The fourth-order valence-corrected chi connectivity index (χ4v) is 3.16. The average molecular weight is 363 g/mol. The minimum absolute atomic E-state index is 0.00838. The summed E-state index contributed by atoms with van der Waals surface area (Å²) in [5, 5.41) is 14.0. The van der Waals surface area contributed by atoms with Gasteiger partial charge in [0.15, 0.2) is 5.75 Å². The predicted octanol–water partition coefficient (Wildman–Crippen LogP) is 2.99. The molecule has 0 aliphatic carbocycles.